The molecule has 0 atom stereocenters. The largest absolute Gasteiger partial charge is 0.390 e. The van der Waals surface area contributed by atoms with Gasteiger partial charge in [0.05, 0.1) is 16.9 Å². The first-order valence-corrected chi connectivity index (χ1v) is 6.49. The molecule has 2 aromatic rings. The van der Waals surface area contributed by atoms with Gasteiger partial charge in [-0.05, 0) is 36.5 Å². The van der Waals surface area contributed by atoms with Crippen molar-refractivity contribution in [2.75, 3.05) is 5.32 Å². The van der Waals surface area contributed by atoms with E-state index in [1.807, 2.05) is 6.92 Å². The van der Waals surface area contributed by atoms with Crippen LogP contribution in [0.1, 0.15) is 11.3 Å². The van der Waals surface area contributed by atoms with Crippen LogP contribution in [-0.4, -0.2) is 20.6 Å². The SMILES string of the molecule is Cc1ccc(NC(=O)Cn2nc([N+](=O)[O-])cc2C)cc1Cl. The van der Waals surface area contributed by atoms with Gasteiger partial charge in [-0.2, -0.15) is 4.68 Å². The fourth-order valence-electron chi connectivity index (χ4n) is 1.75. The number of halogens is 1. The van der Waals surface area contributed by atoms with Crippen LogP contribution in [-0.2, 0) is 11.3 Å². The molecule has 2 rings (SSSR count). The van der Waals surface area contributed by atoms with E-state index >= 15 is 0 Å². The van der Waals surface area contributed by atoms with Gasteiger partial charge in [0.15, 0.2) is 0 Å². The van der Waals surface area contributed by atoms with Gasteiger partial charge in [0.1, 0.15) is 6.54 Å². The third-order valence-corrected chi connectivity index (χ3v) is 3.31. The number of nitro groups is 1. The molecule has 1 heterocycles. The Morgan fingerprint density at radius 1 is 1.43 bits per heavy atom. The smallest absolute Gasteiger partial charge is 0.358 e. The molecule has 0 aliphatic rings. The van der Waals surface area contributed by atoms with Gasteiger partial charge in [-0.1, -0.05) is 17.7 Å². The average Bonchev–Trinajstić information content (AvgIpc) is 2.76. The van der Waals surface area contributed by atoms with Crippen molar-refractivity contribution in [2.45, 2.75) is 20.4 Å². The van der Waals surface area contributed by atoms with Crippen LogP contribution in [0.4, 0.5) is 11.5 Å². The van der Waals surface area contributed by atoms with Gasteiger partial charge in [0.2, 0.25) is 5.91 Å². The standard InChI is InChI=1S/C13H13ClN4O3/c1-8-3-4-10(6-11(8)14)15-13(19)7-17-9(2)5-12(16-17)18(20)21/h3-6H,7H2,1-2H3,(H,15,19). The first-order chi connectivity index (χ1) is 9.86. The Balaban J connectivity index is 2.07. The number of rotatable bonds is 4. The second kappa shape index (κ2) is 5.92. The molecule has 110 valence electrons. The van der Waals surface area contributed by atoms with Crippen LogP contribution in [0, 0.1) is 24.0 Å². The van der Waals surface area contributed by atoms with E-state index in [1.165, 1.54) is 10.7 Å². The van der Waals surface area contributed by atoms with E-state index in [9.17, 15) is 14.9 Å². The van der Waals surface area contributed by atoms with Gasteiger partial charge >= 0.3 is 5.82 Å². The summed E-state index contributed by atoms with van der Waals surface area (Å²) in [4.78, 5) is 22.0. The lowest BCUT2D eigenvalue weighted by atomic mass is 10.2. The molecule has 0 unspecified atom stereocenters. The van der Waals surface area contributed by atoms with Crippen LogP contribution < -0.4 is 5.32 Å². The summed E-state index contributed by atoms with van der Waals surface area (Å²) >= 11 is 5.98. The number of carbonyl (C=O) groups excluding carboxylic acids is 1. The highest BCUT2D eigenvalue weighted by Crippen LogP contribution is 2.20. The number of nitrogens with zero attached hydrogens (tertiary/aromatic N) is 3. The summed E-state index contributed by atoms with van der Waals surface area (Å²) < 4.78 is 1.28. The minimum Gasteiger partial charge on any atom is -0.358 e. The Morgan fingerprint density at radius 3 is 2.71 bits per heavy atom. The van der Waals surface area contributed by atoms with Crippen molar-refractivity contribution in [3.05, 3.63) is 50.7 Å². The lowest BCUT2D eigenvalue weighted by Crippen LogP contribution is -2.20. The fourth-order valence-corrected chi connectivity index (χ4v) is 1.93. The number of anilines is 1. The van der Waals surface area contributed by atoms with E-state index in [-0.39, 0.29) is 18.3 Å². The summed E-state index contributed by atoms with van der Waals surface area (Å²) in [6.07, 6.45) is 0. The van der Waals surface area contributed by atoms with E-state index in [1.54, 1.807) is 25.1 Å². The molecule has 21 heavy (non-hydrogen) atoms. The van der Waals surface area contributed by atoms with E-state index in [2.05, 4.69) is 10.4 Å². The van der Waals surface area contributed by atoms with E-state index in [4.69, 9.17) is 11.6 Å². The van der Waals surface area contributed by atoms with Crippen molar-refractivity contribution in [1.82, 2.24) is 9.78 Å². The van der Waals surface area contributed by atoms with Gasteiger partial charge in [0.25, 0.3) is 0 Å². The first-order valence-electron chi connectivity index (χ1n) is 6.11. The predicted molar refractivity (Wildman–Crippen MR) is 78.4 cm³/mol. The van der Waals surface area contributed by atoms with Crippen molar-refractivity contribution in [3.63, 3.8) is 0 Å². The van der Waals surface area contributed by atoms with Crippen molar-refractivity contribution in [1.29, 1.82) is 0 Å². The summed E-state index contributed by atoms with van der Waals surface area (Å²) in [5.74, 6) is -0.616. The second-order valence-corrected chi connectivity index (χ2v) is 4.98. The van der Waals surface area contributed by atoms with Crippen molar-refractivity contribution in [2.24, 2.45) is 0 Å². The highest BCUT2D eigenvalue weighted by Gasteiger charge is 2.17. The molecular formula is C13H13ClN4O3. The number of benzene rings is 1. The Labute approximate surface area is 125 Å². The van der Waals surface area contributed by atoms with Gasteiger partial charge < -0.3 is 15.4 Å². The van der Waals surface area contributed by atoms with Crippen molar-refractivity contribution in [3.8, 4) is 0 Å². The minimum absolute atomic E-state index is 0.106. The van der Waals surface area contributed by atoms with Gasteiger partial charge in [0, 0.05) is 10.7 Å². The number of aryl methyl sites for hydroxylation is 2. The molecule has 0 spiro atoms. The molecular weight excluding hydrogens is 296 g/mol. The van der Waals surface area contributed by atoms with Gasteiger partial charge in [-0.3, -0.25) is 4.79 Å². The molecule has 8 heteroatoms. The lowest BCUT2D eigenvalue weighted by molar-refractivity contribution is -0.389. The summed E-state index contributed by atoms with van der Waals surface area (Å²) in [5.41, 5.74) is 2.02. The summed E-state index contributed by atoms with van der Waals surface area (Å²) in [6.45, 7) is 3.40. The topological polar surface area (TPSA) is 90.1 Å². The Hall–Kier alpha value is -2.41. The molecule has 1 aromatic heterocycles. The molecule has 0 fully saturated rings. The van der Waals surface area contributed by atoms with Crippen LogP contribution in [0.3, 0.4) is 0 Å². The number of hydrogen-bond donors (Lipinski definition) is 1. The third kappa shape index (κ3) is 3.57. The monoisotopic (exact) mass is 308 g/mol. The first kappa shape index (κ1) is 15.0. The van der Waals surface area contributed by atoms with Crippen LogP contribution >= 0.6 is 11.6 Å². The molecule has 1 aromatic carbocycles. The normalized spacial score (nSPS) is 10.4. The maximum absolute atomic E-state index is 11.9. The summed E-state index contributed by atoms with van der Waals surface area (Å²) in [7, 11) is 0. The Kier molecular flexibility index (Phi) is 4.23. The zero-order valence-electron chi connectivity index (χ0n) is 11.5. The maximum atomic E-state index is 11.9. The van der Waals surface area contributed by atoms with Crippen molar-refractivity contribution >= 4 is 29.0 Å². The van der Waals surface area contributed by atoms with Gasteiger partial charge in [-0.15, -0.1) is 0 Å². The Bertz CT molecular complexity index is 711. The van der Waals surface area contributed by atoms with Crippen LogP contribution in [0.2, 0.25) is 5.02 Å². The zero-order valence-corrected chi connectivity index (χ0v) is 12.2. The maximum Gasteiger partial charge on any atom is 0.390 e. The molecule has 1 N–H and O–H groups in total. The predicted octanol–water partition coefficient (Wildman–Crippen LogP) is 2.70. The number of nitrogens with one attached hydrogen (secondary N) is 1. The number of amides is 1. The minimum atomic E-state index is -0.596. The fraction of sp³-hybridized carbons (Fsp3) is 0.231. The quantitative estimate of drug-likeness (QED) is 0.694. The molecule has 0 aliphatic heterocycles. The van der Waals surface area contributed by atoms with Crippen LogP contribution in [0.15, 0.2) is 24.3 Å². The van der Waals surface area contributed by atoms with Gasteiger partial charge in [-0.25, -0.2) is 0 Å². The van der Waals surface area contributed by atoms with E-state index in [0.29, 0.717) is 16.4 Å². The molecule has 0 saturated heterocycles. The van der Waals surface area contributed by atoms with Crippen molar-refractivity contribution < 1.29 is 9.72 Å². The summed E-state index contributed by atoms with van der Waals surface area (Å²) in [5, 5.41) is 17.6. The number of hydrogen-bond acceptors (Lipinski definition) is 4. The molecule has 0 aliphatic carbocycles. The molecule has 0 saturated carbocycles. The second-order valence-electron chi connectivity index (χ2n) is 4.57. The van der Waals surface area contributed by atoms with Crippen LogP contribution in [0.25, 0.3) is 0 Å². The lowest BCUT2D eigenvalue weighted by Gasteiger charge is -2.06. The number of carbonyl (C=O) groups is 1. The Morgan fingerprint density at radius 2 is 2.14 bits per heavy atom. The highest BCUT2D eigenvalue weighted by atomic mass is 35.5. The molecule has 0 radical (unpaired) electrons. The molecule has 0 bridgehead atoms. The van der Waals surface area contributed by atoms with E-state index in [0.717, 1.165) is 5.56 Å². The van der Waals surface area contributed by atoms with E-state index < -0.39 is 4.92 Å². The average molecular weight is 309 g/mol. The zero-order chi connectivity index (χ0) is 15.6. The third-order valence-electron chi connectivity index (χ3n) is 2.90. The summed E-state index contributed by atoms with van der Waals surface area (Å²) in [6, 6.07) is 6.49. The molecule has 7 nitrogen and oxygen atoms in total. The highest BCUT2D eigenvalue weighted by molar-refractivity contribution is 6.31. The molecule has 1 amide bonds. The number of aromatic nitrogens is 2. The van der Waals surface area contributed by atoms with Crippen LogP contribution in [0.5, 0.6) is 0 Å².